The molecule has 0 atom stereocenters. The fourth-order valence-electron chi connectivity index (χ4n) is 2.04. The van der Waals surface area contributed by atoms with E-state index in [9.17, 15) is 9.59 Å². The molecule has 0 saturated carbocycles. The number of carbonyl (C=O) groups is 2. The topological polar surface area (TPSA) is 74.9 Å². The largest absolute Gasteiger partial charge is 0.463 e. The van der Waals surface area contributed by atoms with E-state index in [0.717, 1.165) is 10.6 Å². The van der Waals surface area contributed by atoms with E-state index in [4.69, 9.17) is 4.42 Å². The first-order valence-corrected chi connectivity index (χ1v) is 7.60. The van der Waals surface area contributed by atoms with Gasteiger partial charge in [-0.3, -0.25) is 9.59 Å². The number of anilines is 1. The van der Waals surface area contributed by atoms with Crippen LogP contribution in [0.15, 0.2) is 57.1 Å². The van der Waals surface area contributed by atoms with Crippen molar-refractivity contribution in [1.29, 1.82) is 0 Å². The Hall–Kier alpha value is -2.54. The third-order valence-electron chi connectivity index (χ3n) is 3.03. The van der Waals surface area contributed by atoms with Crippen LogP contribution in [0, 0.1) is 0 Å². The zero-order valence-electron chi connectivity index (χ0n) is 11.6. The van der Waals surface area contributed by atoms with Crippen molar-refractivity contribution in [2.75, 3.05) is 17.2 Å². The molecule has 0 aliphatic carbocycles. The minimum absolute atomic E-state index is 0.0636. The van der Waals surface area contributed by atoms with E-state index in [0.29, 0.717) is 11.5 Å². The Morgan fingerprint density at radius 1 is 1.36 bits per heavy atom. The van der Waals surface area contributed by atoms with E-state index < -0.39 is 0 Å². The number of fused-ring (bicyclic) bond motifs is 1. The van der Waals surface area contributed by atoms with Crippen LogP contribution in [0.4, 0.5) is 5.69 Å². The van der Waals surface area contributed by atoms with Gasteiger partial charge in [0.15, 0.2) is 0 Å². The zero-order valence-corrected chi connectivity index (χ0v) is 12.4. The predicted molar refractivity (Wildman–Crippen MR) is 84.0 cm³/mol. The molecule has 0 unspecified atom stereocenters. The minimum Gasteiger partial charge on any atom is -0.463 e. The van der Waals surface area contributed by atoms with Gasteiger partial charge in [-0.05, 0) is 24.3 Å². The molecular weight excluding hydrogens is 302 g/mol. The molecular formula is C15H13N3O3S. The molecule has 2 heterocycles. The highest BCUT2D eigenvalue weighted by Gasteiger charge is 2.25. The van der Waals surface area contributed by atoms with Crippen LogP contribution >= 0.6 is 11.8 Å². The number of nitrogens with zero attached hydrogens (tertiary/aromatic N) is 2. The number of para-hydroxylation sites is 1. The summed E-state index contributed by atoms with van der Waals surface area (Å²) in [6.07, 6.45) is 2.92. The SMILES string of the molecule is O=C(CN1C(=O)CSc2ccccc21)N/N=C\c1ccco1. The lowest BCUT2D eigenvalue weighted by molar-refractivity contribution is -0.122. The Bertz CT molecular complexity index is 713. The van der Waals surface area contributed by atoms with Gasteiger partial charge >= 0.3 is 0 Å². The molecule has 112 valence electrons. The van der Waals surface area contributed by atoms with Crippen molar-refractivity contribution >= 4 is 35.5 Å². The number of hydrogen-bond acceptors (Lipinski definition) is 5. The third kappa shape index (κ3) is 3.20. The molecule has 6 nitrogen and oxygen atoms in total. The van der Waals surface area contributed by atoms with Gasteiger partial charge in [-0.1, -0.05) is 12.1 Å². The fraction of sp³-hybridized carbons (Fsp3) is 0.133. The molecule has 2 aromatic rings. The van der Waals surface area contributed by atoms with E-state index in [1.807, 2.05) is 24.3 Å². The van der Waals surface area contributed by atoms with Gasteiger partial charge in [0, 0.05) is 4.90 Å². The summed E-state index contributed by atoms with van der Waals surface area (Å²) in [6, 6.07) is 11.0. The second-order valence-corrected chi connectivity index (χ2v) is 5.56. The molecule has 1 aliphatic rings. The molecule has 2 amide bonds. The van der Waals surface area contributed by atoms with Gasteiger partial charge in [-0.15, -0.1) is 11.8 Å². The molecule has 1 N–H and O–H groups in total. The summed E-state index contributed by atoms with van der Waals surface area (Å²) in [7, 11) is 0. The molecule has 1 aliphatic heterocycles. The van der Waals surface area contributed by atoms with E-state index >= 15 is 0 Å². The lowest BCUT2D eigenvalue weighted by Crippen LogP contribution is -2.42. The number of hydrazone groups is 1. The average Bonchev–Trinajstić information content (AvgIpc) is 3.03. The second kappa shape index (κ2) is 6.48. The monoisotopic (exact) mass is 315 g/mol. The Labute approximate surface area is 131 Å². The van der Waals surface area contributed by atoms with E-state index in [-0.39, 0.29) is 18.4 Å². The highest BCUT2D eigenvalue weighted by atomic mass is 32.2. The Morgan fingerprint density at radius 3 is 3.05 bits per heavy atom. The summed E-state index contributed by atoms with van der Waals surface area (Å²) < 4.78 is 5.06. The van der Waals surface area contributed by atoms with Crippen molar-refractivity contribution in [3.8, 4) is 0 Å². The van der Waals surface area contributed by atoms with Crippen LogP contribution in [0.25, 0.3) is 0 Å². The second-order valence-electron chi connectivity index (χ2n) is 4.54. The molecule has 0 saturated heterocycles. The molecule has 0 fully saturated rings. The lowest BCUT2D eigenvalue weighted by atomic mass is 10.2. The number of carbonyl (C=O) groups excluding carboxylic acids is 2. The van der Waals surface area contributed by atoms with Crippen LogP contribution in [-0.2, 0) is 9.59 Å². The zero-order chi connectivity index (χ0) is 15.4. The van der Waals surface area contributed by atoms with E-state index in [1.54, 1.807) is 12.1 Å². The van der Waals surface area contributed by atoms with Crippen molar-refractivity contribution in [1.82, 2.24) is 5.43 Å². The molecule has 0 bridgehead atoms. The van der Waals surface area contributed by atoms with Crippen LogP contribution in [-0.4, -0.2) is 30.3 Å². The van der Waals surface area contributed by atoms with Crippen LogP contribution in [0.3, 0.4) is 0 Å². The minimum atomic E-state index is -0.363. The molecule has 0 spiro atoms. The van der Waals surface area contributed by atoms with Gasteiger partial charge in [0.1, 0.15) is 12.3 Å². The number of hydrogen-bond donors (Lipinski definition) is 1. The smallest absolute Gasteiger partial charge is 0.260 e. The summed E-state index contributed by atoms with van der Waals surface area (Å²) in [5, 5.41) is 3.80. The van der Waals surface area contributed by atoms with E-state index in [2.05, 4.69) is 10.5 Å². The van der Waals surface area contributed by atoms with Gasteiger partial charge in [-0.25, -0.2) is 5.43 Å². The first-order chi connectivity index (χ1) is 10.7. The van der Waals surface area contributed by atoms with Crippen molar-refractivity contribution in [2.24, 2.45) is 5.10 Å². The highest BCUT2D eigenvalue weighted by molar-refractivity contribution is 8.00. The Morgan fingerprint density at radius 2 is 2.23 bits per heavy atom. The summed E-state index contributed by atoms with van der Waals surface area (Å²) in [6.45, 7) is -0.0636. The molecule has 0 radical (unpaired) electrons. The number of benzene rings is 1. The maximum absolute atomic E-state index is 12.0. The quantitative estimate of drug-likeness (QED) is 0.690. The van der Waals surface area contributed by atoms with Crippen LogP contribution in [0.1, 0.15) is 5.76 Å². The summed E-state index contributed by atoms with van der Waals surface area (Å²) in [4.78, 5) is 26.4. The van der Waals surface area contributed by atoms with Gasteiger partial charge < -0.3 is 9.32 Å². The Kier molecular flexibility index (Phi) is 4.24. The lowest BCUT2D eigenvalue weighted by Gasteiger charge is -2.27. The molecule has 3 rings (SSSR count). The molecule has 22 heavy (non-hydrogen) atoms. The van der Waals surface area contributed by atoms with Crippen molar-refractivity contribution in [3.05, 3.63) is 48.4 Å². The molecule has 7 heteroatoms. The number of rotatable bonds is 4. The summed E-state index contributed by atoms with van der Waals surface area (Å²) >= 11 is 1.48. The number of furan rings is 1. The number of nitrogens with one attached hydrogen (secondary N) is 1. The van der Waals surface area contributed by atoms with E-state index in [1.165, 1.54) is 29.1 Å². The van der Waals surface area contributed by atoms with Crippen molar-refractivity contribution in [3.63, 3.8) is 0 Å². The average molecular weight is 315 g/mol. The first-order valence-electron chi connectivity index (χ1n) is 6.61. The van der Waals surface area contributed by atoms with Crippen LogP contribution < -0.4 is 10.3 Å². The molecule has 1 aromatic heterocycles. The molecule has 1 aromatic carbocycles. The fourth-order valence-corrected chi connectivity index (χ4v) is 2.97. The maximum Gasteiger partial charge on any atom is 0.260 e. The van der Waals surface area contributed by atoms with Gasteiger partial charge in [0.2, 0.25) is 5.91 Å². The van der Waals surface area contributed by atoms with Gasteiger partial charge in [-0.2, -0.15) is 5.10 Å². The normalized spacial score (nSPS) is 14.2. The maximum atomic E-state index is 12.0. The van der Waals surface area contributed by atoms with Crippen LogP contribution in [0.5, 0.6) is 0 Å². The standard InChI is InChI=1S/C15H13N3O3S/c19-14(17-16-8-11-4-3-7-21-11)9-18-12-5-1-2-6-13(12)22-10-15(18)20/h1-8H,9-10H2,(H,17,19)/b16-8-. The highest BCUT2D eigenvalue weighted by Crippen LogP contribution is 2.34. The first kappa shape index (κ1) is 14.4. The number of thioether (sulfide) groups is 1. The van der Waals surface area contributed by atoms with Gasteiger partial charge in [0.05, 0.1) is 23.9 Å². The Balaban J connectivity index is 1.65. The summed E-state index contributed by atoms with van der Waals surface area (Å²) in [5.74, 6) is 0.419. The third-order valence-corrected chi connectivity index (χ3v) is 4.08. The van der Waals surface area contributed by atoms with Crippen molar-refractivity contribution < 1.29 is 14.0 Å². The predicted octanol–water partition coefficient (Wildman–Crippen LogP) is 1.87. The van der Waals surface area contributed by atoms with Crippen LogP contribution in [0.2, 0.25) is 0 Å². The summed E-state index contributed by atoms with van der Waals surface area (Å²) in [5.41, 5.74) is 3.15. The van der Waals surface area contributed by atoms with Crippen molar-refractivity contribution in [2.45, 2.75) is 4.90 Å². The number of amides is 2. The van der Waals surface area contributed by atoms with Gasteiger partial charge in [0.25, 0.3) is 5.91 Å².